The number of hydrogen-bond donors (Lipinski definition) is 1. The monoisotopic (exact) mass is 327 g/mol. The van der Waals surface area contributed by atoms with E-state index in [1.165, 1.54) is 13.0 Å². The van der Waals surface area contributed by atoms with E-state index in [0.717, 1.165) is 18.9 Å². The minimum absolute atomic E-state index is 0.0659. The van der Waals surface area contributed by atoms with E-state index in [9.17, 15) is 18.0 Å². The topological polar surface area (TPSA) is 45.2 Å². The maximum atomic E-state index is 12.8. The van der Waals surface area contributed by atoms with Crippen molar-refractivity contribution in [3.05, 3.63) is 23.9 Å². The first kappa shape index (κ1) is 16.1. The van der Waals surface area contributed by atoms with Crippen molar-refractivity contribution in [2.45, 2.75) is 38.4 Å². The molecule has 1 aromatic rings. The zero-order chi connectivity index (χ0) is 16.8. The molecule has 2 aliphatic rings. The van der Waals surface area contributed by atoms with Crippen molar-refractivity contribution in [3.63, 3.8) is 0 Å². The molecule has 3 atom stereocenters. The predicted octanol–water partition coefficient (Wildman–Crippen LogP) is 2.84. The number of nitrogens with one attached hydrogen (secondary N) is 1. The van der Waals surface area contributed by atoms with Crippen molar-refractivity contribution in [2.75, 3.05) is 18.0 Å². The largest absolute Gasteiger partial charge is 0.433 e. The highest BCUT2D eigenvalue weighted by Crippen LogP contribution is 2.45. The van der Waals surface area contributed by atoms with Crippen LogP contribution < -0.4 is 10.2 Å². The summed E-state index contributed by atoms with van der Waals surface area (Å²) in [7, 11) is 0. The Bertz CT molecular complexity index is 619. The van der Waals surface area contributed by atoms with E-state index in [1.54, 1.807) is 6.07 Å². The van der Waals surface area contributed by atoms with E-state index < -0.39 is 11.9 Å². The molecule has 1 amide bonds. The molecule has 1 saturated heterocycles. The Morgan fingerprint density at radius 1 is 1.39 bits per heavy atom. The van der Waals surface area contributed by atoms with Gasteiger partial charge in [-0.1, -0.05) is 6.07 Å². The molecule has 1 N–H and O–H groups in total. The van der Waals surface area contributed by atoms with Crippen molar-refractivity contribution in [2.24, 2.45) is 11.8 Å². The Labute approximate surface area is 133 Å². The van der Waals surface area contributed by atoms with Gasteiger partial charge in [-0.25, -0.2) is 4.98 Å². The lowest BCUT2D eigenvalue weighted by Gasteiger charge is -2.32. The van der Waals surface area contributed by atoms with Crippen LogP contribution in [0.4, 0.5) is 19.0 Å². The third kappa shape index (κ3) is 3.01. The van der Waals surface area contributed by atoms with Gasteiger partial charge in [0.15, 0.2) is 0 Å². The molecule has 0 aromatic carbocycles. The van der Waals surface area contributed by atoms with Crippen molar-refractivity contribution in [1.82, 2.24) is 10.3 Å². The molecule has 126 valence electrons. The highest BCUT2D eigenvalue weighted by molar-refractivity contribution is 5.74. The van der Waals surface area contributed by atoms with E-state index in [0.29, 0.717) is 24.8 Å². The Kier molecular flexibility index (Phi) is 3.77. The van der Waals surface area contributed by atoms with Crippen molar-refractivity contribution in [3.8, 4) is 0 Å². The van der Waals surface area contributed by atoms with Crippen LogP contribution in [0.1, 0.15) is 32.4 Å². The van der Waals surface area contributed by atoms with E-state index in [4.69, 9.17) is 0 Å². The Morgan fingerprint density at radius 2 is 2.13 bits per heavy atom. The van der Waals surface area contributed by atoms with Crippen molar-refractivity contribution >= 4 is 11.7 Å². The van der Waals surface area contributed by atoms with Gasteiger partial charge in [0.1, 0.15) is 11.5 Å². The van der Waals surface area contributed by atoms with Gasteiger partial charge in [0.05, 0.1) is 0 Å². The van der Waals surface area contributed by atoms with E-state index in [1.807, 2.05) is 11.8 Å². The number of halogens is 3. The molecule has 2 fully saturated rings. The molecule has 0 radical (unpaired) electrons. The molecule has 2 heterocycles. The zero-order valence-electron chi connectivity index (χ0n) is 13.2. The molecule has 4 nitrogen and oxygen atoms in total. The van der Waals surface area contributed by atoms with Crippen LogP contribution in [0.5, 0.6) is 0 Å². The average molecular weight is 327 g/mol. The molecule has 3 rings (SSSR count). The minimum atomic E-state index is -4.43. The summed E-state index contributed by atoms with van der Waals surface area (Å²) in [6, 6.07) is 4.00. The number of anilines is 1. The summed E-state index contributed by atoms with van der Waals surface area (Å²) in [4.78, 5) is 17.1. The lowest BCUT2D eigenvalue weighted by atomic mass is 9.86. The number of amides is 1. The average Bonchev–Trinajstić information content (AvgIpc) is 2.99. The zero-order valence-corrected chi connectivity index (χ0v) is 13.2. The molecule has 1 saturated carbocycles. The van der Waals surface area contributed by atoms with Crippen LogP contribution in [-0.4, -0.2) is 29.5 Å². The van der Waals surface area contributed by atoms with Crippen LogP contribution >= 0.6 is 0 Å². The van der Waals surface area contributed by atoms with Crippen LogP contribution in [0.25, 0.3) is 0 Å². The van der Waals surface area contributed by atoms with Gasteiger partial charge < -0.3 is 10.2 Å². The van der Waals surface area contributed by atoms with Crippen LogP contribution in [-0.2, 0) is 11.0 Å². The molecule has 1 aliphatic carbocycles. The number of fused-ring (bicyclic) bond motifs is 1. The second-order valence-electron chi connectivity index (χ2n) is 6.79. The smallest absolute Gasteiger partial charge is 0.356 e. The van der Waals surface area contributed by atoms with Gasteiger partial charge in [-0.2, -0.15) is 13.2 Å². The second kappa shape index (κ2) is 5.39. The summed E-state index contributed by atoms with van der Waals surface area (Å²) in [5.74, 6) is 0.911. The van der Waals surface area contributed by atoms with E-state index >= 15 is 0 Å². The Hall–Kier alpha value is -1.79. The number of hydrogen-bond acceptors (Lipinski definition) is 3. The molecule has 0 spiro atoms. The van der Waals surface area contributed by atoms with Crippen LogP contribution in [0, 0.1) is 11.8 Å². The first-order valence-electron chi connectivity index (χ1n) is 7.77. The summed E-state index contributed by atoms with van der Waals surface area (Å²) in [5, 5.41) is 3.03. The summed E-state index contributed by atoms with van der Waals surface area (Å²) in [5.41, 5.74) is -1.15. The fourth-order valence-corrected chi connectivity index (χ4v) is 4.06. The minimum Gasteiger partial charge on any atom is -0.356 e. The van der Waals surface area contributed by atoms with Gasteiger partial charge in [0.2, 0.25) is 5.91 Å². The highest BCUT2D eigenvalue weighted by Gasteiger charge is 2.50. The first-order chi connectivity index (χ1) is 10.7. The lowest BCUT2D eigenvalue weighted by Crippen LogP contribution is -2.49. The van der Waals surface area contributed by atoms with Gasteiger partial charge in [-0.05, 0) is 37.8 Å². The van der Waals surface area contributed by atoms with Crippen LogP contribution in [0.3, 0.4) is 0 Å². The third-order valence-electron chi connectivity index (χ3n) is 5.10. The molecular formula is C16H20F3N3O. The molecule has 7 heteroatoms. The first-order valence-corrected chi connectivity index (χ1v) is 7.77. The Balaban J connectivity index is 1.79. The number of nitrogens with zero attached hydrogens (tertiary/aromatic N) is 2. The SMILES string of the molecule is CC(=O)N[C@]1(C)CC[C@@H]2CN(c3cccc(C(F)(F)F)n3)C[C@@H]21. The number of alkyl halides is 3. The number of pyridine rings is 1. The molecule has 23 heavy (non-hydrogen) atoms. The predicted molar refractivity (Wildman–Crippen MR) is 79.9 cm³/mol. The fourth-order valence-electron chi connectivity index (χ4n) is 4.06. The van der Waals surface area contributed by atoms with Gasteiger partial charge >= 0.3 is 6.18 Å². The number of rotatable bonds is 2. The summed E-state index contributed by atoms with van der Waals surface area (Å²) < 4.78 is 38.5. The van der Waals surface area contributed by atoms with Crippen LogP contribution in [0.15, 0.2) is 18.2 Å². The normalized spacial score (nSPS) is 30.4. The quantitative estimate of drug-likeness (QED) is 0.908. The third-order valence-corrected chi connectivity index (χ3v) is 5.10. The van der Waals surface area contributed by atoms with Crippen LogP contribution in [0.2, 0.25) is 0 Å². The highest BCUT2D eigenvalue weighted by atomic mass is 19.4. The Morgan fingerprint density at radius 3 is 2.78 bits per heavy atom. The van der Waals surface area contributed by atoms with Gasteiger partial charge in [0, 0.05) is 31.5 Å². The van der Waals surface area contributed by atoms with Gasteiger partial charge in [0.25, 0.3) is 0 Å². The molecular weight excluding hydrogens is 307 g/mol. The maximum Gasteiger partial charge on any atom is 0.433 e. The van der Waals surface area contributed by atoms with E-state index in [2.05, 4.69) is 10.3 Å². The second-order valence-corrected chi connectivity index (χ2v) is 6.79. The number of carbonyl (C=O) groups is 1. The fraction of sp³-hybridized carbons (Fsp3) is 0.625. The summed E-state index contributed by atoms with van der Waals surface area (Å²) in [6.45, 7) is 4.84. The van der Waals surface area contributed by atoms with Crippen molar-refractivity contribution < 1.29 is 18.0 Å². The standard InChI is InChI=1S/C16H20F3N3O/c1-10(23)21-15(2)7-6-11-8-22(9-12(11)15)14-5-3-4-13(20-14)16(17,18)19/h3-5,11-12H,6-9H2,1-2H3,(H,21,23)/t11-,12+,15-/m1/s1. The number of carbonyl (C=O) groups excluding carboxylic acids is 1. The maximum absolute atomic E-state index is 12.8. The summed E-state index contributed by atoms with van der Waals surface area (Å²) in [6.07, 6.45) is -2.56. The molecule has 0 bridgehead atoms. The molecule has 0 unspecified atom stereocenters. The lowest BCUT2D eigenvalue weighted by molar-refractivity contribution is -0.141. The van der Waals surface area contributed by atoms with Gasteiger partial charge in [-0.3, -0.25) is 4.79 Å². The molecule has 1 aliphatic heterocycles. The number of aromatic nitrogens is 1. The van der Waals surface area contributed by atoms with E-state index in [-0.39, 0.29) is 17.4 Å². The van der Waals surface area contributed by atoms with Crippen molar-refractivity contribution in [1.29, 1.82) is 0 Å². The molecule has 1 aromatic heterocycles. The van der Waals surface area contributed by atoms with Gasteiger partial charge in [-0.15, -0.1) is 0 Å². The summed E-state index contributed by atoms with van der Waals surface area (Å²) >= 11 is 0.